The smallest absolute Gasteiger partial charge is 0.413 e. The Balaban J connectivity index is 1.59. The van der Waals surface area contributed by atoms with Gasteiger partial charge in [-0.2, -0.15) is 0 Å². The van der Waals surface area contributed by atoms with Gasteiger partial charge in [0.1, 0.15) is 23.9 Å². The minimum Gasteiger partial charge on any atom is -0.474 e. The maximum Gasteiger partial charge on any atom is 0.413 e. The third kappa shape index (κ3) is 3.38. The summed E-state index contributed by atoms with van der Waals surface area (Å²) in [5, 5.41) is 13.9. The summed E-state index contributed by atoms with van der Waals surface area (Å²) in [5.74, 6) is -0.393. The number of carboxylic acid groups (broad SMARTS) is 1. The predicted molar refractivity (Wildman–Crippen MR) is 117 cm³/mol. The first-order chi connectivity index (χ1) is 15.2. The number of rotatable bonds is 3. The fourth-order valence-corrected chi connectivity index (χ4v) is 5.49. The molecule has 0 atom stereocenters. The van der Waals surface area contributed by atoms with Gasteiger partial charge in [0, 0.05) is 35.5 Å². The van der Waals surface area contributed by atoms with Crippen LogP contribution in [0.1, 0.15) is 5.56 Å². The molecule has 0 unspecified atom stereocenters. The normalized spacial score (nSPS) is 17.1. The molecular formula is C21H19FN4O5S. The molecule has 2 aliphatic heterocycles. The maximum atomic E-state index is 15.0. The SMILES string of the molecule is Cc1c(-c2cc3cc(N(C(=O)O)C4CS(=O)(=O)C4)ncc3cc2F)cnc2c1NCCO2. The van der Waals surface area contributed by atoms with E-state index in [1.807, 2.05) is 6.92 Å². The van der Waals surface area contributed by atoms with Crippen LogP contribution < -0.4 is 15.0 Å². The number of carbonyl (C=O) groups is 1. The summed E-state index contributed by atoms with van der Waals surface area (Å²) in [5.41, 5.74) is 2.39. The summed E-state index contributed by atoms with van der Waals surface area (Å²) in [7, 11) is -3.23. The number of anilines is 2. The predicted octanol–water partition coefficient (Wildman–Crippen LogP) is 2.83. The molecule has 0 aliphatic carbocycles. The molecule has 11 heteroatoms. The lowest BCUT2D eigenvalue weighted by Crippen LogP contribution is -2.55. The molecule has 0 bridgehead atoms. The largest absolute Gasteiger partial charge is 0.474 e. The van der Waals surface area contributed by atoms with E-state index in [0.717, 1.165) is 10.5 Å². The molecule has 1 amide bonds. The lowest BCUT2D eigenvalue weighted by Gasteiger charge is -2.34. The van der Waals surface area contributed by atoms with Gasteiger partial charge in [-0.05, 0) is 36.1 Å². The standard InChI is InChI=1S/C21H19FN4O5S/c1-11-16(8-25-20-19(11)23-2-3-31-20)15-4-12-6-18(24-7-13(12)5-17(15)22)26(21(27)28)14-9-32(29,30)10-14/h4-8,14,23H,2-3,9-10H2,1H3,(H,27,28). The summed E-state index contributed by atoms with van der Waals surface area (Å²) in [6, 6.07) is 3.79. The van der Waals surface area contributed by atoms with Gasteiger partial charge in [0.05, 0.1) is 17.5 Å². The van der Waals surface area contributed by atoms with E-state index in [0.29, 0.717) is 46.6 Å². The van der Waals surface area contributed by atoms with Crippen LogP contribution in [0.3, 0.4) is 0 Å². The molecule has 1 fully saturated rings. The van der Waals surface area contributed by atoms with Crippen molar-refractivity contribution in [1.82, 2.24) is 9.97 Å². The van der Waals surface area contributed by atoms with Gasteiger partial charge in [-0.15, -0.1) is 0 Å². The average molecular weight is 458 g/mol. The summed E-state index contributed by atoms with van der Waals surface area (Å²) in [6.45, 7) is 2.97. The lowest BCUT2D eigenvalue weighted by atomic mass is 9.98. The number of nitrogens with zero attached hydrogens (tertiary/aromatic N) is 3. The fourth-order valence-electron chi connectivity index (χ4n) is 4.11. The van der Waals surface area contributed by atoms with E-state index in [-0.39, 0.29) is 17.3 Å². The highest BCUT2D eigenvalue weighted by Crippen LogP contribution is 2.37. The number of hydrogen-bond donors (Lipinski definition) is 2. The molecule has 32 heavy (non-hydrogen) atoms. The van der Waals surface area contributed by atoms with Crippen molar-refractivity contribution in [3.8, 4) is 17.0 Å². The highest BCUT2D eigenvalue weighted by Gasteiger charge is 2.41. The number of nitrogens with one attached hydrogen (secondary N) is 1. The van der Waals surface area contributed by atoms with Gasteiger partial charge in [-0.3, -0.25) is 4.90 Å². The van der Waals surface area contributed by atoms with E-state index in [1.165, 1.54) is 18.3 Å². The summed E-state index contributed by atoms with van der Waals surface area (Å²) in [4.78, 5) is 21.2. The van der Waals surface area contributed by atoms with Crippen molar-refractivity contribution in [1.29, 1.82) is 0 Å². The third-order valence-corrected chi connectivity index (χ3v) is 7.53. The zero-order valence-electron chi connectivity index (χ0n) is 17.0. The Bertz CT molecular complexity index is 1370. The number of aromatic nitrogens is 2. The number of hydrogen-bond acceptors (Lipinski definition) is 7. The Morgan fingerprint density at radius 2 is 1.97 bits per heavy atom. The van der Waals surface area contributed by atoms with E-state index in [2.05, 4.69) is 15.3 Å². The second-order valence-electron chi connectivity index (χ2n) is 7.86. The summed E-state index contributed by atoms with van der Waals surface area (Å²) in [6.07, 6.45) is 1.64. The fraction of sp³-hybridized carbons (Fsp3) is 0.286. The van der Waals surface area contributed by atoms with E-state index >= 15 is 4.39 Å². The van der Waals surface area contributed by atoms with E-state index in [1.54, 1.807) is 12.3 Å². The molecule has 0 saturated carbocycles. The highest BCUT2D eigenvalue weighted by molar-refractivity contribution is 7.92. The molecule has 1 saturated heterocycles. The van der Waals surface area contributed by atoms with Gasteiger partial charge in [0.25, 0.3) is 0 Å². The Labute approximate surface area is 182 Å². The molecule has 3 aromatic rings. The number of amides is 1. The lowest BCUT2D eigenvalue weighted by molar-refractivity contribution is 0.199. The summed E-state index contributed by atoms with van der Waals surface area (Å²) < 4.78 is 43.6. The van der Waals surface area contributed by atoms with Crippen molar-refractivity contribution >= 4 is 38.2 Å². The molecule has 166 valence electrons. The number of halogens is 1. The van der Waals surface area contributed by atoms with Gasteiger partial charge in [0.15, 0.2) is 9.84 Å². The van der Waals surface area contributed by atoms with Gasteiger partial charge in [0.2, 0.25) is 5.88 Å². The van der Waals surface area contributed by atoms with Crippen LogP contribution in [-0.4, -0.2) is 60.3 Å². The average Bonchev–Trinajstić information content (AvgIpc) is 2.73. The van der Waals surface area contributed by atoms with Crippen LogP contribution in [0, 0.1) is 12.7 Å². The molecule has 1 aromatic carbocycles. The van der Waals surface area contributed by atoms with Crippen molar-refractivity contribution in [2.24, 2.45) is 0 Å². The number of sulfone groups is 1. The second-order valence-corrected chi connectivity index (χ2v) is 10.0. The number of fused-ring (bicyclic) bond motifs is 2. The Kier molecular flexibility index (Phi) is 4.66. The minimum atomic E-state index is -3.23. The molecule has 2 N–H and O–H groups in total. The van der Waals surface area contributed by atoms with Crippen LogP contribution in [0.5, 0.6) is 5.88 Å². The van der Waals surface area contributed by atoms with Crippen LogP contribution in [0.15, 0.2) is 30.6 Å². The van der Waals surface area contributed by atoms with E-state index in [4.69, 9.17) is 4.74 Å². The molecule has 4 heterocycles. The molecule has 5 rings (SSSR count). The number of pyridine rings is 2. The molecule has 2 aromatic heterocycles. The molecule has 9 nitrogen and oxygen atoms in total. The van der Waals surface area contributed by atoms with Crippen molar-refractivity contribution in [2.75, 3.05) is 34.9 Å². The summed E-state index contributed by atoms with van der Waals surface area (Å²) >= 11 is 0. The van der Waals surface area contributed by atoms with Crippen molar-refractivity contribution in [3.05, 3.63) is 42.0 Å². The quantitative estimate of drug-likeness (QED) is 0.615. The van der Waals surface area contributed by atoms with Gasteiger partial charge in [-0.25, -0.2) is 27.6 Å². The van der Waals surface area contributed by atoms with Gasteiger partial charge >= 0.3 is 6.09 Å². The monoisotopic (exact) mass is 458 g/mol. The van der Waals surface area contributed by atoms with Crippen LogP contribution in [0.25, 0.3) is 21.9 Å². The van der Waals surface area contributed by atoms with Crippen LogP contribution in [0.2, 0.25) is 0 Å². The van der Waals surface area contributed by atoms with Crippen LogP contribution >= 0.6 is 0 Å². The van der Waals surface area contributed by atoms with Crippen LogP contribution in [0.4, 0.5) is 20.7 Å². The number of ether oxygens (including phenoxy) is 1. The van der Waals surface area contributed by atoms with Crippen molar-refractivity contribution in [3.63, 3.8) is 0 Å². The van der Waals surface area contributed by atoms with Crippen LogP contribution in [-0.2, 0) is 9.84 Å². The van der Waals surface area contributed by atoms with Gasteiger partial charge in [-0.1, -0.05) is 0 Å². The van der Waals surface area contributed by atoms with E-state index in [9.17, 15) is 18.3 Å². The van der Waals surface area contributed by atoms with Crippen molar-refractivity contribution < 1.29 is 27.4 Å². The number of benzene rings is 1. The first-order valence-electron chi connectivity index (χ1n) is 9.92. The van der Waals surface area contributed by atoms with Crippen molar-refractivity contribution in [2.45, 2.75) is 13.0 Å². The maximum absolute atomic E-state index is 15.0. The molecule has 2 aliphatic rings. The van der Waals surface area contributed by atoms with E-state index < -0.39 is 27.8 Å². The molecular weight excluding hydrogens is 439 g/mol. The zero-order valence-corrected chi connectivity index (χ0v) is 17.8. The Morgan fingerprint density at radius 1 is 1.19 bits per heavy atom. The molecule has 0 spiro atoms. The topological polar surface area (TPSA) is 122 Å². The second kappa shape index (κ2) is 7.30. The Hall–Kier alpha value is -3.47. The first kappa shape index (κ1) is 20.4. The third-order valence-electron chi connectivity index (χ3n) is 5.74. The minimum absolute atomic E-state index is 0.0952. The zero-order chi connectivity index (χ0) is 22.6. The Morgan fingerprint density at radius 3 is 2.69 bits per heavy atom. The van der Waals surface area contributed by atoms with Gasteiger partial charge < -0.3 is 15.2 Å². The first-order valence-corrected chi connectivity index (χ1v) is 11.7. The highest BCUT2D eigenvalue weighted by atomic mass is 32.2. The molecule has 0 radical (unpaired) electrons.